The van der Waals surface area contributed by atoms with E-state index >= 15 is 4.39 Å². The maximum absolute atomic E-state index is 15.7. The highest BCUT2D eigenvalue weighted by Gasteiger charge is 2.36. The Morgan fingerprint density at radius 1 is 1.29 bits per heavy atom. The normalized spacial score (nSPS) is 18.9. The number of benzene rings is 1. The molecule has 2 fully saturated rings. The molecule has 3 aromatic rings. The van der Waals surface area contributed by atoms with Crippen LogP contribution in [0.3, 0.4) is 0 Å². The standard InChI is InChI=1S/C25H28FN3O5S/c1-11(27-13(3)31)14-7-8-28(10-14)20-17(26)9-16-19(23(20)34-4)29(15-5-6-15)25-18(21(16)32)22(33)24(35-25)12(2)30/h9,11,14-15,33H,5-8,10H2,1-4H3,(H,27,31)/t11-,14?/m0/s1. The van der Waals surface area contributed by atoms with Crippen LogP contribution in [0.1, 0.15) is 55.7 Å². The van der Waals surface area contributed by atoms with E-state index in [4.69, 9.17) is 4.74 Å². The average molecular weight is 502 g/mol. The Labute approximate surface area is 205 Å². The van der Waals surface area contributed by atoms with Gasteiger partial charge in [0.2, 0.25) is 11.3 Å². The molecule has 8 nitrogen and oxygen atoms in total. The molecule has 1 saturated carbocycles. The fraction of sp³-hybridized carbons (Fsp3) is 0.480. The molecule has 10 heteroatoms. The van der Waals surface area contributed by atoms with Crippen molar-refractivity contribution in [1.82, 2.24) is 9.88 Å². The summed E-state index contributed by atoms with van der Waals surface area (Å²) in [6, 6.07) is 1.23. The van der Waals surface area contributed by atoms with E-state index in [-0.39, 0.29) is 56.8 Å². The van der Waals surface area contributed by atoms with E-state index in [0.717, 1.165) is 30.6 Å². The van der Waals surface area contributed by atoms with Crippen LogP contribution in [0, 0.1) is 11.7 Å². The van der Waals surface area contributed by atoms with E-state index in [1.807, 2.05) is 16.4 Å². The number of anilines is 1. The Bertz CT molecular complexity index is 1440. The molecular formula is C25H28FN3O5S. The lowest BCUT2D eigenvalue weighted by Crippen LogP contribution is -2.38. The SMILES string of the molecule is COc1c(N2CCC([C@H](C)NC(C)=O)C2)c(F)cc2c(=O)c3c(O)c(C(C)=O)sc3n(C3CC3)c12. The second-order valence-electron chi connectivity index (χ2n) is 9.57. The summed E-state index contributed by atoms with van der Waals surface area (Å²) in [5.74, 6) is -0.939. The minimum atomic E-state index is -0.581. The van der Waals surface area contributed by atoms with Gasteiger partial charge in [0.15, 0.2) is 23.1 Å². The van der Waals surface area contributed by atoms with E-state index < -0.39 is 11.2 Å². The van der Waals surface area contributed by atoms with Gasteiger partial charge in [0, 0.05) is 39.0 Å². The largest absolute Gasteiger partial charge is 0.505 e. The number of hydrogen-bond donors (Lipinski definition) is 2. The number of pyridine rings is 1. The van der Waals surface area contributed by atoms with Gasteiger partial charge in [-0.3, -0.25) is 14.4 Å². The van der Waals surface area contributed by atoms with E-state index in [1.165, 1.54) is 27.0 Å². The molecule has 2 N–H and O–H groups in total. The van der Waals surface area contributed by atoms with Crippen LogP contribution in [0.4, 0.5) is 10.1 Å². The molecule has 1 aromatic carbocycles. The molecule has 0 bridgehead atoms. The van der Waals surface area contributed by atoms with Crippen molar-refractivity contribution in [3.63, 3.8) is 0 Å². The van der Waals surface area contributed by atoms with Crippen molar-refractivity contribution in [1.29, 1.82) is 0 Å². The van der Waals surface area contributed by atoms with E-state index in [2.05, 4.69) is 5.32 Å². The molecule has 1 aliphatic carbocycles. The number of ketones is 1. The van der Waals surface area contributed by atoms with Gasteiger partial charge in [-0.1, -0.05) is 0 Å². The van der Waals surface area contributed by atoms with Gasteiger partial charge in [-0.2, -0.15) is 0 Å². The Hall–Kier alpha value is -3.14. The average Bonchev–Trinajstić information content (AvgIpc) is 3.39. The summed E-state index contributed by atoms with van der Waals surface area (Å²) in [7, 11) is 1.46. The minimum absolute atomic E-state index is 0.0548. The monoisotopic (exact) mass is 501 g/mol. The summed E-state index contributed by atoms with van der Waals surface area (Å²) < 4.78 is 23.4. The third kappa shape index (κ3) is 3.74. The molecule has 5 rings (SSSR count). The molecule has 35 heavy (non-hydrogen) atoms. The number of carbonyl (C=O) groups is 2. The molecule has 1 aliphatic heterocycles. The van der Waals surface area contributed by atoms with Crippen LogP contribution in [-0.2, 0) is 4.79 Å². The second-order valence-corrected chi connectivity index (χ2v) is 10.6. The fourth-order valence-electron chi connectivity index (χ4n) is 5.28. The Kier molecular flexibility index (Phi) is 5.74. The highest BCUT2D eigenvalue weighted by atomic mass is 32.1. The summed E-state index contributed by atoms with van der Waals surface area (Å²) in [4.78, 5) is 39.6. The number of methoxy groups -OCH3 is 1. The molecule has 1 amide bonds. The predicted molar refractivity (Wildman–Crippen MR) is 134 cm³/mol. The highest BCUT2D eigenvalue weighted by molar-refractivity contribution is 7.21. The highest BCUT2D eigenvalue weighted by Crippen LogP contribution is 2.49. The van der Waals surface area contributed by atoms with Crippen LogP contribution in [-0.4, -0.2) is 47.6 Å². The molecule has 1 unspecified atom stereocenters. The smallest absolute Gasteiger partial charge is 0.217 e. The van der Waals surface area contributed by atoms with Gasteiger partial charge >= 0.3 is 0 Å². The fourth-order valence-corrected chi connectivity index (χ4v) is 6.45. The van der Waals surface area contributed by atoms with Gasteiger partial charge in [0.1, 0.15) is 20.8 Å². The van der Waals surface area contributed by atoms with Gasteiger partial charge in [0.25, 0.3) is 0 Å². The van der Waals surface area contributed by atoms with Crippen molar-refractivity contribution >= 4 is 49.8 Å². The Morgan fingerprint density at radius 3 is 2.60 bits per heavy atom. The number of amides is 1. The van der Waals surface area contributed by atoms with Crippen LogP contribution in [0.25, 0.3) is 21.1 Å². The predicted octanol–water partition coefficient (Wildman–Crippen LogP) is 3.96. The zero-order chi connectivity index (χ0) is 25.2. The summed E-state index contributed by atoms with van der Waals surface area (Å²) in [5, 5.41) is 13.8. The molecule has 2 aromatic heterocycles. The zero-order valence-corrected chi connectivity index (χ0v) is 20.9. The number of aromatic nitrogens is 1. The van der Waals surface area contributed by atoms with Crippen LogP contribution in [0.5, 0.6) is 11.5 Å². The molecule has 1 saturated heterocycles. The number of thiophene rings is 1. The lowest BCUT2D eigenvalue weighted by molar-refractivity contribution is -0.119. The third-order valence-corrected chi connectivity index (χ3v) is 8.37. The number of nitrogens with one attached hydrogen (secondary N) is 1. The number of fused-ring (bicyclic) bond motifs is 2. The van der Waals surface area contributed by atoms with Crippen molar-refractivity contribution in [3.8, 4) is 11.5 Å². The molecular weight excluding hydrogens is 473 g/mol. The molecule has 186 valence electrons. The van der Waals surface area contributed by atoms with Crippen molar-refractivity contribution in [2.75, 3.05) is 25.1 Å². The third-order valence-electron chi connectivity index (χ3n) is 7.09. The Morgan fingerprint density at radius 2 is 2.00 bits per heavy atom. The van der Waals surface area contributed by atoms with Gasteiger partial charge in [0.05, 0.1) is 18.0 Å². The first-order valence-corrected chi connectivity index (χ1v) is 12.6. The molecule has 0 spiro atoms. The van der Waals surface area contributed by atoms with Crippen LogP contribution < -0.4 is 20.4 Å². The summed E-state index contributed by atoms with van der Waals surface area (Å²) in [5.41, 5.74) is 0.257. The molecule has 3 heterocycles. The second kappa shape index (κ2) is 8.51. The Balaban J connectivity index is 1.74. The van der Waals surface area contributed by atoms with Crippen LogP contribution in [0.15, 0.2) is 10.9 Å². The summed E-state index contributed by atoms with van der Waals surface area (Å²) in [6.45, 7) is 5.89. The summed E-state index contributed by atoms with van der Waals surface area (Å²) >= 11 is 1.09. The maximum Gasteiger partial charge on any atom is 0.217 e. The zero-order valence-electron chi connectivity index (χ0n) is 20.1. The van der Waals surface area contributed by atoms with Crippen LogP contribution >= 0.6 is 11.3 Å². The van der Waals surface area contributed by atoms with Crippen molar-refractivity contribution in [2.24, 2.45) is 5.92 Å². The number of ether oxygens (including phenoxy) is 1. The molecule has 2 aliphatic rings. The maximum atomic E-state index is 15.7. The van der Waals surface area contributed by atoms with Crippen molar-refractivity contribution < 1.29 is 23.8 Å². The number of Topliss-reactive ketones (excluding diaryl/α,β-unsaturated/α-hetero) is 1. The van der Waals surface area contributed by atoms with Crippen molar-refractivity contribution in [3.05, 3.63) is 27.0 Å². The van der Waals surface area contributed by atoms with Gasteiger partial charge < -0.3 is 24.6 Å². The van der Waals surface area contributed by atoms with E-state index in [1.54, 1.807) is 0 Å². The van der Waals surface area contributed by atoms with Gasteiger partial charge in [-0.05, 0) is 38.2 Å². The number of nitrogens with zero attached hydrogens (tertiary/aromatic N) is 2. The number of aromatic hydroxyl groups is 1. The summed E-state index contributed by atoms with van der Waals surface area (Å²) in [6.07, 6.45) is 2.52. The van der Waals surface area contributed by atoms with E-state index in [0.29, 0.717) is 29.1 Å². The quantitative estimate of drug-likeness (QED) is 0.496. The van der Waals surface area contributed by atoms with E-state index in [9.17, 15) is 19.5 Å². The lowest BCUT2D eigenvalue weighted by Gasteiger charge is -2.26. The first-order chi connectivity index (χ1) is 16.6. The number of carbonyl (C=O) groups excluding carboxylic acids is 2. The molecule has 2 atom stereocenters. The minimum Gasteiger partial charge on any atom is -0.505 e. The number of hydrogen-bond acceptors (Lipinski definition) is 7. The number of halogens is 1. The van der Waals surface area contributed by atoms with Gasteiger partial charge in [-0.25, -0.2) is 4.39 Å². The number of rotatable bonds is 6. The first-order valence-electron chi connectivity index (χ1n) is 11.8. The van der Waals surface area contributed by atoms with Gasteiger partial charge in [-0.15, -0.1) is 11.3 Å². The topological polar surface area (TPSA) is 101 Å². The van der Waals surface area contributed by atoms with Crippen LogP contribution in [0.2, 0.25) is 0 Å². The first kappa shape index (κ1) is 23.6. The van der Waals surface area contributed by atoms with Crippen molar-refractivity contribution in [2.45, 2.75) is 52.1 Å². The lowest BCUT2D eigenvalue weighted by atomic mass is 10.0. The molecule has 0 radical (unpaired) electrons.